The Kier molecular flexibility index (Phi) is 5.49. The fourth-order valence-electron chi connectivity index (χ4n) is 1.09. The van der Waals surface area contributed by atoms with Crippen LogP contribution in [0.2, 0.25) is 5.02 Å². The maximum atomic E-state index is 11.4. The fraction of sp³-hybridized carbons (Fsp3) is 0.364. The molecule has 3 N–H and O–H groups in total. The van der Waals surface area contributed by atoms with Crippen LogP contribution in [0.1, 0.15) is 13.3 Å². The predicted molar refractivity (Wildman–Crippen MR) is 69.9 cm³/mol. The summed E-state index contributed by atoms with van der Waals surface area (Å²) in [6.07, 6.45) is 0.943. The average molecular weight is 259 g/mol. The van der Waals surface area contributed by atoms with Gasteiger partial charge >= 0.3 is 0 Å². The molecule has 0 unspecified atom stereocenters. The molecule has 0 spiro atoms. The molecule has 0 fully saturated rings. The lowest BCUT2D eigenvalue weighted by Crippen LogP contribution is -2.25. The van der Waals surface area contributed by atoms with Gasteiger partial charge in [-0.05, 0) is 24.6 Å². The summed E-state index contributed by atoms with van der Waals surface area (Å²) >= 11 is 7.40. The topological polar surface area (TPSA) is 55.1 Å². The van der Waals surface area contributed by atoms with Crippen molar-refractivity contribution < 1.29 is 4.79 Å². The second-order valence-corrected chi connectivity index (χ2v) is 4.75. The summed E-state index contributed by atoms with van der Waals surface area (Å²) in [6, 6.07) is 5.29. The van der Waals surface area contributed by atoms with Crippen LogP contribution < -0.4 is 11.1 Å². The predicted octanol–water partition coefficient (Wildman–Crippen LogP) is 2.54. The Bertz CT molecular complexity index is 371. The van der Waals surface area contributed by atoms with E-state index < -0.39 is 0 Å². The number of hydrogen-bond acceptors (Lipinski definition) is 3. The van der Waals surface area contributed by atoms with Crippen LogP contribution in [0.15, 0.2) is 23.1 Å². The lowest BCUT2D eigenvalue weighted by atomic mass is 10.3. The molecule has 0 aromatic heterocycles. The molecule has 0 aliphatic heterocycles. The average Bonchev–Trinajstić information content (AvgIpc) is 2.25. The summed E-state index contributed by atoms with van der Waals surface area (Å²) in [4.78, 5) is 12.2. The van der Waals surface area contributed by atoms with Crippen molar-refractivity contribution in [2.45, 2.75) is 18.2 Å². The van der Waals surface area contributed by atoms with Crippen LogP contribution in [0.4, 0.5) is 5.69 Å². The van der Waals surface area contributed by atoms with E-state index in [1.54, 1.807) is 12.1 Å². The second-order valence-electron chi connectivity index (χ2n) is 3.33. The summed E-state index contributed by atoms with van der Waals surface area (Å²) in [6.45, 7) is 2.74. The molecule has 1 rings (SSSR count). The number of amides is 1. The maximum Gasteiger partial charge on any atom is 0.230 e. The largest absolute Gasteiger partial charge is 0.399 e. The minimum absolute atomic E-state index is 0.0275. The number of thioether (sulfide) groups is 1. The first-order chi connectivity index (χ1) is 7.63. The van der Waals surface area contributed by atoms with Crippen LogP contribution in [0.3, 0.4) is 0 Å². The Labute approximate surface area is 105 Å². The van der Waals surface area contributed by atoms with Gasteiger partial charge in [0.2, 0.25) is 5.91 Å². The first-order valence-corrected chi connectivity index (χ1v) is 6.44. The Morgan fingerprint density at radius 1 is 1.56 bits per heavy atom. The van der Waals surface area contributed by atoms with Gasteiger partial charge in [0.25, 0.3) is 0 Å². The monoisotopic (exact) mass is 258 g/mol. The van der Waals surface area contributed by atoms with E-state index >= 15 is 0 Å². The molecule has 0 aliphatic carbocycles. The van der Waals surface area contributed by atoms with E-state index in [-0.39, 0.29) is 5.91 Å². The van der Waals surface area contributed by atoms with Crippen LogP contribution >= 0.6 is 23.4 Å². The normalized spacial score (nSPS) is 10.1. The fourth-order valence-corrected chi connectivity index (χ4v) is 2.20. The minimum atomic E-state index is 0.0275. The molecule has 0 bridgehead atoms. The van der Waals surface area contributed by atoms with Crippen molar-refractivity contribution in [3.05, 3.63) is 23.2 Å². The first-order valence-electron chi connectivity index (χ1n) is 5.08. The van der Waals surface area contributed by atoms with Gasteiger partial charge in [-0.15, -0.1) is 11.8 Å². The highest BCUT2D eigenvalue weighted by Gasteiger charge is 2.05. The number of anilines is 1. The summed E-state index contributed by atoms with van der Waals surface area (Å²) in [5, 5.41) is 3.40. The molecule has 0 saturated carbocycles. The molecule has 0 saturated heterocycles. The van der Waals surface area contributed by atoms with Gasteiger partial charge in [0.15, 0.2) is 0 Å². The maximum absolute atomic E-state index is 11.4. The molecular formula is C11H15ClN2OS. The highest BCUT2D eigenvalue weighted by molar-refractivity contribution is 8.00. The van der Waals surface area contributed by atoms with Gasteiger partial charge in [0.05, 0.1) is 10.8 Å². The molecule has 5 heteroatoms. The minimum Gasteiger partial charge on any atom is -0.399 e. The summed E-state index contributed by atoms with van der Waals surface area (Å²) in [5.41, 5.74) is 6.21. The Balaban J connectivity index is 2.45. The van der Waals surface area contributed by atoms with Gasteiger partial charge < -0.3 is 11.1 Å². The lowest BCUT2D eigenvalue weighted by Gasteiger charge is -2.05. The van der Waals surface area contributed by atoms with E-state index in [0.717, 1.165) is 17.9 Å². The zero-order valence-electron chi connectivity index (χ0n) is 9.13. The number of benzene rings is 1. The molecule has 88 valence electrons. The highest BCUT2D eigenvalue weighted by atomic mass is 35.5. The molecule has 0 atom stereocenters. The molecule has 0 heterocycles. The van der Waals surface area contributed by atoms with Gasteiger partial charge in [-0.25, -0.2) is 0 Å². The van der Waals surface area contributed by atoms with Crippen molar-refractivity contribution in [2.75, 3.05) is 18.0 Å². The summed E-state index contributed by atoms with van der Waals surface area (Å²) in [7, 11) is 0. The number of carbonyl (C=O) groups excluding carboxylic acids is 1. The molecule has 0 aliphatic rings. The number of nitrogen functional groups attached to an aromatic ring is 1. The van der Waals surface area contributed by atoms with Crippen LogP contribution in [0.25, 0.3) is 0 Å². The second kappa shape index (κ2) is 6.66. The molecule has 0 radical (unpaired) electrons. The third-order valence-electron chi connectivity index (χ3n) is 1.89. The smallest absolute Gasteiger partial charge is 0.230 e. The zero-order valence-corrected chi connectivity index (χ0v) is 10.7. The first kappa shape index (κ1) is 13.2. The molecule has 1 aromatic carbocycles. The standard InChI is InChI=1S/C11H15ClN2OS/c1-2-5-14-11(15)7-16-10-4-3-8(13)6-9(10)12/h3-4,6H,2,5,7,13H2,1H3,(H,14,15). The van der Waals surface area contributed by atoms with E-state index in [1.165, 1.54) is 11.8 Å². The van der Waals surface area contributed by atoms with Crippen LogP contribution in [-0.2, 0) is 4.79 Å². The summed E-state index contributed by atoms with van der Waals surface area (Å²) in [5.74, 6) is 0.406. The van der Waals surface area contributed by atoms with E-state index in [4.69, 9.17) is 17.3 Å². The highest BCUT2D eigenvalue weighted by Crippen LogP contribution is 2.28. The van der Waals surface area contributed by atoms with E-state index in [2.05, 4.69) is 5.32 Å². The number of rotatable bonds is 5. The number of carbonyl (C=O) groups is 1. The molecule has 1 aromatic rings. The number of halogens is 1. The van der Waals surface area contributed by atoms with E-state index in [0.29, 0.717) is 16.5 Å². The quantitative estimate of drug-likeness (QED) is 0.630. The van der Waals surface area contributed by atoms with Gasteiger partial charge in [-0.2, -0.15) is 0 Å². The third-order valence-corrected chi connectivity index (χ3v) is 3.39. The number of nitrogens with one attached hydrogen (secondary N) is 1. The van der Waals surface area contributed by atoms with Crippen molar-refractivity contribution >= 4 is 35.0 Å². The van der Waals surface area contributed by atoms with Crippen LogP contribution in [-0.4, -0.2) is 18.2 Å². The van der Waals surface area contributed by atoms with Crippen molar-refractivity contribution in [3.63, 3.8) is 0 Å². The van der Waals surface area contributed by atoms with Crippen LogP contribution in [0, 0.1) is 0 Å². The van der Waals surface area contributed by atoms with Crippen molar-refractivity contribution in [1.82, 2.24) is 5.32 Å². The SMILES string of the molecule is CCCNC(=O)CSc1ccc(N)cc1Cl. The van der Waals surface area contributed by atoms with Gasteiger partial charge in [0, 0.05) is 17.1 Å². The van der Waals surface area contributed by atoms with Crippen molar-refractivity contribution in [3.8, 4) is 0 Å². The lowest BCUT2D eigenvalue weighted by molar-refractivity contribution is -0.118. The van der Waals surface area contributed by atoms with Gasteiger partial charge in [-0.3, -0.25) is 4.79 Å². The van der Waals surface area contributed by atoms with Gasteiger partial charge in [-0.1, -0.05) is 18.5 Å². The molecular weight excluding hydrogens is 244 g/mol. The number of hydrogen-bond donors (Lipinski definition) is 2. The van der Waals surface area contributed by atoms with E-state index in [9.17, 15) is 4.79 Å². The Morgan fingerprint density at radius 3 is 2.94 bits per heavy atom. The number of nitrogens with two attached hydrogens (primary N) is 1. The Hall–Kier alpha value is -0.870. The molecule has 16 heavy (non-hydrogen) atoms. The van der Waals surface area contributed by atoms with Crippen LogP contribution in [0.5, 0.6) is 0 Å². The van der Waals surface area contributed by atoms with Crippen molar-refractivity contribution in [1.29, 1.82) is 0 Å². The third kappa shape index (κ3) is 4.33. The molecule has 3 nitrogen and oxygen atoms in total. The van der Waals surface area contributed by atoms with E-state index in [1.807, 2.05) is 13.0 Å². The Morgan fingerprint density at radius 2 is 2.31 bits per heavy atom. The molecule has 1 amide bonds. The zero-order chi connectivity index (χ0) is 12.0. The van der Waals surface area contributed by atoms with Crippen molar-refractivity contribution in [2.24, 2.45) is 0 Å². The van der Waals surface area contributed by atoms with Gasteiger partial charge in [0.1, 0.15) is 0 Å². The summed E-state index contributed by atoms with van der Waals surface area (Å²) < 4.78 is 0.